The van der Waals surface area contributed by atoms with Gasteiger partial charge in [-0.2, -0.15) is 0 Å². The smallest absolute Gasteiger partial charge is 0.227 e. The molecule has 0 saturated heterocycles. The van der Waals surface area contributed by atoms with Crippen molar-refractivity contribution in [2.75, 3.05) is 13.1 Å². The average Bonchev–Trinajstić information content (AvgIpc) is 2.68. The van der Waals surface area contributed by atoms with Crippen LogP contribution < -0.4 is 10.6 Å². The first-order valence-corrected chi connectivity index (χ1v) is 11.9. The Morgan fingerprint density at radius 2 is 1.25 bits per heavy atom. The Bertz CT molecular complexity index is 407. The van der Waals surface area contributed by atoms with E-state index in [1.807, 2.05) is 6.08 Å². The lowest BCUT2D eigenvalue weighted by Crippen LogP contribution is -2.34. The molecule has 1 unspecified atom stereocenters. The first-order valence-electron chi connectivity index (χ1n) is 11.9. The first-order chi connectivity index (χ1) is 13.7. The zero-order valence-corrected chi connectivity index (χ0v) is 18.9. The second-order valence-electron chi connectivity index (χ2n) is 7.85. The first kappa shape index (κ1) is 26.7. The Morgan fingerprint density at radius 1 is 0.714 bits per heavy atom. The van der Waals surface area contributed by atoms with Crippen molar-refractivity contribution in [1.29, 1.82) is 0 Å². The van der Waals surface area contributed by atoms with Gasteiger partial charge >= 0.3 is 0 Å². The lowest BCUT2D eigenvalue weighted by molar-refractivity contribution is -0.128. The molecule has 1 atom stereocenters. The van der Waals surface area contributed by atoms with Crippen LogP contribution in [-0.4, -0.2) is 24.9 Å². The molecule has 4 nitrogen and oxygen atoms in total. The molecule has 0 rings (SSSR count). The highest BCUT2D eigenvalue weighted by Crippen LogP contribution is 2.12. The predicted octanol–water partition coefficient (Wildman–Crippen LogP) is 5.91. The highest BCUT2D eigenvalue weighted by Gasteiger charge is 2.18. The zero-order chi connectivity index (χ0) is 20.9. The van der Waals surface area contributed by atoms with Crippen LogP contribution in [0.5, 0.6) is 0 Å². The highest BCUT2D eigenvalue weighted by atomic mass is 16.2. The molecule has 0 radical (unpaired) electrons. The molecule has 0 aliphatic rings. The van der Waals surface area contributed by atoms with Gasteiger partial charge in [-0.1, -0.05) is 90.7 Å². The van der Waals surface area contributed by atoms with Crippen LogP contribution in [0.15, 0.2) is 12.2 Å². The van der Waals surface area contributed by atoms with Crippen LogP contribution in [0, 0.1) is 5.92 Å². The average molecular weight is 395 g/mol. The number of hydrogen-bond acceptors (Lipinski definition) is 2. The fourth-order valence-corrected chi connectivity index (χ4v) is 3.10. The van der Waals surface area contributed by atoms with Gasteiger partial charge in [0.05, 0.1) is 5.92 Å². The van der Waals surface area contributed by atoms with Crippen LogP contribution >= 0.6 is 0 Å². The van der Waals surface area contributed by atoms with Crippen molar-refractivity contribution in [3.8, 4) is 0 Å². The largest absolute Gasteiger partial charge is 0.356 e. The molecule has 0 aliphatic carbocycles. The summed E-state index contributed by atoms with van der Waals surface area (Å²) in [7, 11) is 0. The van der Waals surface area contributed by atoms with Gasteiger partial charge in [0.25, 0.3) is 0 Å². The number of hydrogen-bond donors (Lipinski definition) is 2. The Balaban J connectivity index is 4.21. The minimum Gasteiger partial charge on any atom is -0.356 e. The quantitative estimate of drug-likeness (QED) is 0.211. The summed E-state index contributed by atoms with van der Waals surface area (Å²) in [5, 5.41) is 5.89. The van der Waals surface area contributed by atoms with Crippen LogP contribution in [0.2, 0.25) is 0 Å². The molecule has 0 aromatic carbocycles. The molecule has 0 bridgehead atoms. The van der Waals surface area contributed by atoms with E-state index in [0.29, 0.717) is 13.1 Å². The van der Waals surface area contributed by atoms with Crippen LogP contribution in [0.1, 0.15) is 111 Å². The number of carbonyl (C=O) groups is 2. The van der Waals surface area contributed by atoms with Crippen molar-refractivity contribution >= 4 is 11.8 Å². The van der Waals surface area contributed by atoms with Gasteiger partial charge in [0.2, 0.25) is 11.8 Å². The summed E-state index contributed by atoms with van der Waals surface area (Å²) in [6.45, 7) is 7.84. The minimum atomic E-state index is -0.354. The van der Waals surface area contributed by atoms with Crippen LogP contribution in [-0.2, 0) is 9.59 Å². The number of nitrogens with one attached hydrogen (secondary N) is 2. The van der Waals surface area contributed by atoms with Gasteiger partial charge < -0.3 is 10.6 Å². The molecular formula is C24H46N2O2. The molecule has 4 heteroatoms. The third-order valence-electron chi connectivity index (χ3n) is 5.02. The molecule has 2 N–H and O–H groups in total. The van der Waals surface area contributed by atoms with Gasteiger partial charge in [-0.25, -0.2) is 0 Å². The summed E-state index contributed by atoms with van der Waals surface area (Å²) >= 11 is 0. The van der Waals surface area contributed by atoms with E-state index < -0.39 is 0 Å². The second-order valence-corrected chi connectivity index (χ2v) is 7.85. The number of carbonyl (C=O) groups excluding carboxylic acids is 2. The van der Waals surface area contributed by atoms with E-state index in [0.717, 1.165) is 38.5 Å². The topological polar surface area (TPSA) is 58.2 Å². The third kappa shape index (κ3) is 16.8. The molecule has 0 spiro atoms. The molecule has 0 saturated carbocycles. The van der Waals surface area contributed by atoms with E-state index >= 15 is 0 Å². The van der Waals surface area contributed by atoms with Gasteiger partial charge in [0.1, 0.15) is 0 Å². The summed E-state index contributed by atoms with van der Waals surface area (Å²) in [6, 6.07) is 0. The Labute approximate surface area is 174 Å². The van der Waals surface area contributed by atoms with Crippen molar-refractivity contribution in [2.45, 2.75) is 111 Å². The molecule has 0 fully saturated rings. The molecule has 0 heterocycles. The molecule has 0 aliphatic heterocycles. The van der Waals surface area contributed by atoms with Crippen LogP contribution in [0.3, 0.4) is 0 Å². The number of rotatable bonds is 19. The van der Waals surface area contributed by atoms with E-state index in [-0.39, 0.29) is 24.2 Å². The SMILES string of the molecule is CCCCCCCCCCC=CC(CC(=O)NCCCC)C(=O)NCCCC. The summed E-state index contributed by atoms with van der Waals surface area (Å²) in [6.07, 6.45) is 19.8. The van der Waals surface area contributed by atoms with Crippen molar-refractivity contribution in [1.82, 2.24) is 10.6 Å². The summed E-state index contributed by atoms with van der Waals surface area (Å²) in [4.78, 5) is 24.6. The Hall–Kier alpha value is -1.32. The molecule has 0 aromatic heterocycles. The lowest BCUT2D eigenvalue weighted by atomic mass is 10.0. The summed E-state index contributed by atoms with van der Waals surface area (Å²) < 4.78 is 0. The van der Waals surface area contributed by atoms with Gasteiger partial charge in [0.15, 0.2) is 0 Å². The summed E-state index contributed by atoms with van der Waals surface area (Å²) in [5.41, 5.74) is 0. The Morgan fingerprint density at radius 3 is 1.86 bits per heavy atom. The Kier molecular flexibility index (Phi) is 19.5. The van der Waals surface area contributed by atoms with Gasteiger partial charge in [-0.05, 0) is 25.7 Å². The highest BCUT2D eigenvalue weighted by molar-refractivity contribution is 5.87. The van der Waals surface area contributed by atoms with Crippen molar-refractivity contribution in [3.63, 3.8) is 0 Å². The predicted molar refractivity (Wildman–Crippen MR) is 120 cm³/mol. The maximum absolute atomic E-state index is 12.4. The maximum atomic E-state index is 12.4. The van der Waals surface area contributed by atoms with Crippen LogP contribution in [0.25, 0.3) is 0 Å². The standard InChI is InChI=1S/C24H46N2O2/c1-4-7-10-11-12-13-14-15-16-17-18-22(24(28)26-20-9-6-3)21-23(27)25-19-8-5-2/h17-18,22H,4-16,19-21H2,1-3H3,(H,25,27)(H,26,28). The molecule has 2 amide bonds. The number of unbranched alkanes of at least 4 members (excludes halogenated alkanes) is 10. The normalized spacial score (nSPS) is 12.2. The van der Waals surface area contributed by atoms with Crippen molar-refractivity contribution < 1.29 is 9.59 Å². The number of allylic oxidation sites excluding steroid dienone is 1. The molecular weight excluding hydrogens is 348 g/mol. The second kappa shape index (κ2) is 20.4. The van der Waals surface area contributed by atoms with E-state index in [9.17, 15) is 9.59 Å². The van der Waals surface area contributed by atoms with E-state index in [1.165, 1.54) is 44.9 Å². The van der Waals surface area contributed by atoms with Crippen molar-refractivity contribution in [3.05, 3.63) is 12.2 Å². The van der Waals surface area contributed by atoms with Gasteiger partial charge in [-0.15, -0.1) is 0 Å². The van der Waals surface area contributed by atoms with E-state index in [1.54, 1.807) is 0 Å². The minimum absolute atomic E-state index is 0.0220. The van der Waals surface area contributed by atoms with E-state index in [2.05, 4.69) is 37.5 Å². The monoisotopic (exact) mass is 394 g/mol. The van der Waals surface area contributed by atoms with Crippen molar-refractivity contribution in [2.24, 2.45) is 5.92 Å². The molecule has 164 valence electrons. The third-order valence-corrected chi connectivity index (χ3v) is 5.02. The van der Waals surface area contributed by atoms with Crippen LogP contribution in [0.4, 0.5) is 0 Å². The number of amides is 2. The molecule has 0 aromatic rings. The fraction of sp³-hybridized carbons (Fsp3) is 0.833. The maximum Gasteiger partial charge on any atom is 0.227 e. The van der Waals surface area contributed by atoms with Gasteiger partial charge in [0, 0.05) is 19.5 Å². The molecule has 28 heavy (non-hydrogen) atoms. The zero-order valence-electron chi connectivity index (χ0n) is 18.9. The summed E-state index contributed by atoms with van der Waals surface area (Å²) in [5.74, 6) is -0.403. The fourth-order valence-electron chi connectivity index (χ4n) is 3.10. The lowest BCUT2D eigenvalue weighted by Gasteiger charge is -2.13. The van der Waals surface area contributed by atoms with Gasteiger partial charge in [-0.3, -0.25) is 9.59 Å². The van der Waals surface area contributed by atoms with E-state index in [4.69, 9.17) is 0 Å².